The number of rotatable bonds is 4. The van der Waals surface area contributed by atoms with Gasteiger partial charge in [-0.05, 0) is 56.2 Å². The SMILES string of the molecule is Cc1cc(C)c(N(C)c2nc(N)nc(Nc3ccc(C#N)cc3)n2)c(C)c1. The molecule has 0 bridgehead atoms. The zero-order valence-electron chi connectivity index (χ0n) is 15.8. The summed E-state index contributed by atoms with van der Waals surface area (Å²) in [5, 5.41) is 12.0. The molecule has 7 nitrogen and oxygen atoms in total. The first kappa shape index (κ1) is 18.1. The van der Waals surface area contributed by atoms with Crippen LogP contribution in [0.25, 0.3) is 0 Å². The highest BCUT2D eigenvalue weighted by Crippen LogP contribution is 2.30. The molecule has 0 aliphatic carbocycles. The van der Waals surface area contributed by atoms with Crippen molar-refractivity contribution in [2.45, 2.75) is 20.8 Å². The summed E-state index contributed by atoms with van der Waals surface area (Å²) in [5.74, 6) is 0.926. The number of nitrogen functional groups attached to an aromatic ring is 1. The third-order valence-corrected chi connectivity index (χ3v) is 4.18. The summed E-state index contributed by atoms with van der Waals surface area (Å²) < 4.78 is 0. The second-order valence-electron chi connectivity index (χ2n) is 6.44. The molecule has 0 unspecified atom stereocenters. The summed E-state index contributed by atoms with van der Waals surface area (Å²) in [4.78, 5) is 14.9. The average molecular weight is 359 g/mol. The number of nitrogens with zero attached hydrogens (tertiary/aromatic N) is 5. The molecule has 0 aliphatic heterocycles. The molecule has 136 valence electrons. The number of nitrogens with two attached hydrogens (primary N) is 1. The van der Waals surface area contributed by atoms with Crippen LogP contribution in [0, 0.1) is 32.1 Å². The first-order valence-electron chi connectivity index (χ1n) is 8.47. The number of aryl methyl sites for hydroxylation is 3. The van der Waals surface area contributed by atoms with Gasteiger partial charge in [0.05, 0.1) is 11.6 Å². The van der Waals surface area contributed by atoms with E-state index >= 15 is 0 Å². The molecule has 2 aromatic carbocycles. The van der Waals surface area contributed by atoms with Crippen LogP contribution in [0.4, 0.5) is 29.2 Å². The van der Waals surface area contributed by atoms with E-state index in [0.717, 1.165) is 22.5 Å². The summed E-state index contributed by atoms with van der Waals surface area (Å²) >= 11 is 0. The summed E-state index contributed by atoms with van der Waals surface area (Å²) in [7, 11) is 1.91. The lowest BCUT2D eigenvalue weighted by Crippen LogP contribution is -2.18. The molecule has 3 aromatic rings. The lowest BCUT2D eigenvalue weighted by molar-refractivity contribution is 0.991. The molecular weight excluding hydrogens is 338 g/mol. The van der Waals surface area contributed by atoms with Gasteiger partial charge in [0.25, 0.3) is 0 Å². The van der Waals surface area contributed by atoms with Crippen LogP contribution in [0.2, 0.25) is 0 Å². The number of anilines is 5. The Labute approximate surface area is 158 Å². The van der Waals surface area contributed by atoms with E-state index in [4.69, 9.17) is 11.0 Å². The minimum absolute atomic E-state index is 0.130. The maximum absolute atomic E-state index is 8.90. The highest BCUT2D eigenvalue weighted by molar-refractivity contribution is 5.67. The topological polar surface area (TPSA) is 104 Å². The molecule has 0 saturated carbocycles. The Balaban J connectivity index is 1.94. The number of hydrogen-bond acceptors (Lipinski definition) is 7. The van der Waals surface area contributed by atoms with E-state index in [1.807, 2.05) is 11.9 Å². The molecule has 27 heavy (non-hydrogen) atoms. The molecule has 0 amide bonds. The van der Waals surface area contributed by atoms with Crippen LogP contribution in [0.3, 0.4) is 0 Å². The van der Waals surface area contributed by atoms with Gasteiger partial charge in [-0.3, -0.25) is 0 Å². The molecule has 1 aromatic heterocycles. The Bertz CT molecular complexity index is 996. The van der Waals surface area contributed by atoms with Gasteiger partial charge in [-0.1, -0.05) is 17.7 Å². The molecule has 3 N–H and O–H groups in total. The van der Waals surface area contributed by atoms with Crippen molar-refractivity contribution in [3.63, 3.8) is 0 Å². The molecule has 0 spiro atoms. The van der Waals surface area contributed by atoms with Gasteiger partial charge in [0.2, 0.25) is 17.8 Å². The van der Waals surface area contributed by atoms with Gasteiger partial charge in [0.1, 0.15) is 0 Å². The van der Waals surface area contributed by atoms with Gasteiger partial charge >= 0.3 is 0 Å². The molecule has 1 heterocycles. The Hall–Kier alpha value is -3.66. The van der Waals surface area contributed by atoms with Gasteiger partial charge in [-0.2, -0.15) is 20.2 Å². The van der Waals surface area contributed by atoms with E-state index in [-0.39, 0.29) is 5.95 Å². The molecule has 0 fully saturated rings. The van der Waals surface area contributed by atoms with Crippen molar-refractivity contribution < 1.29 is 0 Å². The minimum atomic E-state index is 0.130. The van der Waals surface area contributed by atoms with Crippen molar-refractivity contribution in [3.05, 3.63) is 58.7 Å². The Morgan fingerprint density at radius 3 is 2.22 bits per heavy atom. The fraction of sp³-hybridized carbons (Fsp3) is 0.200. The molecule has 0 saturated heterocycles. The number of nitriles is 1. The first-order valence-corrected chi connectivity index (χ1v) is 8.47. The van der Waals surface area contributed by atoms with Gasteiger partial charge in [-0.25, -0.2) is 0 Å². The minimum Gasteiger partial charge on any atom is -0.368 e. The van der Waals surface area contributed by atoms with E-state index in [0.29, 0.717) is 17.5 Å². The summed E-state index contributed by atoms with van der Waals surface area (Å²) in [6, 6.07) is 13.4. The lowest BCUT2D eigenvalue weighted by Gasteiger charge is -2.22. The smallest absolute Gasteiger partial charge is 0.236 e. The van der Waals surface area contributed by atoms with Crippen molar-refractivity contribution in [3.8, 4) is 6.07 Å². The molecular formula is C20H21N7. The molecule has 0 radical (unpaired) electrons. The van der Waals surface area contributed by atoms with Crippen molar-refractivity contribution in [2.24, 2.45) is 0 Å². The second kappa shape index (κ2) is 7.30. The Kier molecular flexibility index (Phi) is 4.90. The van der Waals surface area contributed by atoms with E-state index < -0.39 is 0 Å². The Morgan fingerprint density at radius 1 is 1.00 bits per heavy atom. The van der Waals surface area contributed by atoms with Crippen LogP contribution < -0.4 is 16.0 Å². The van der Waals surface area contributed by atoms with Crippen LogP contribution in [0.5, 0.6) is 0 Å². The number of hydrogen-bond donors (Lipinski definition) is 2. The maximum Gasteiger partial charge on any atom is 0.236 e. The molecule has 3 rings (SSSR count). The predicted molar refractivity (Wildman–Crippen MR) is 107 cm³/mol. The van der Waals surface area contributed by atoms with Gasteiger partial charge in [0, 0.05) is 18.4 Å². The number of aromatic nitrogens is 3. The van der Waals surface area contributed by atoms with Crippen LogP contribution in [-0.4, -0.2) is 22.0 Å². The fourth-order valence-electron chi connectivity index (χ4n) is 3.15. The normalized spacial score (nSPS) is 10.3. The van der Waals surface area contributed by atoms with Gasteiger partial charge in [-0.15, -0.1) is 0 Å². The molecule has 7 heteroatoms. The van der Waals surface area contributed by atoms with Crippen LogP contribution in [-0.2, 0) is 0 Å². The quantitative estimate of drug-likeness (QED) is 0.731. The van der Waals surface area contributed by atoms with Gasteiger partial charge in [0.15, 0.2) is 0 Å². The standard InChI is InChI=1S/C20H21N7/c1-12-9-13(2)17(14(3)10-12)27(4)20-25-18(22)24-19(26-20)23-16-7-5-15(11-21)6-8-16/h5-10H,1-4H3,(H3,22,23,24,25,26). The predicted octanol–water partition coefficient (Wildman–Crippen LogP) is 3.76. The monoisotopic (exact) mass is 359 g/mol. The van der Waals surface area contributed by atoms with Crippen LogP contribution in [0.15, 0.2) is 36.4 Å². The zero-order valence-corrected chi connectivity index (χ0v) is 15.8. The highest BCUT2D eigenvalue weighted by Gasteiger charge is 2.15. The number of benzene rings is 2. The molecule has 0 aliphatic rings. The molecule has 0 atom stereocenters. The lowest BCUT2D eigenvalue weighted by atomic mass is 10.0. The van der Waals surface area contributed by atoms with Crippen molar-refractivity contribution >= 4 is 29.2 Å². The number of nitrogens with one attached hydrogen (secondary N) is 1. The van der Waals surface area contributed by atoms with Crippen LogP contribution in [0.1, 0.15) is 22.3 Å². The first-order chi connectivity index (χ1) is 12.9. The van der Waals surface area contributed by atoms with Crippen LogP contribution >= 0.6 is 0 Å². The summed E-state index contributed by atoms with van der Waals surface area (Å²) in [5.41, 5.74) is 11.8. The average Bonchev–Trinajstić information content (AvgIpc) is 2.61. The van der Waals surface area contributed by atoms with Crippen molar-refractivity contribution in [2.75, 3.05) is 23.0 Å². The summed E-state index contributed by atoms with van der Waals surface area (Å²) in [6.07, 6.45) is 0. The van der Waals surface area contributed by atoms with E-state index in [9.17, 15) is 0 Å². The van der Waals surface area contributed by atoms with Crippen molar-refractivity contribution in [1.82, 2.24) is 15.0 Å². The fourth-order valence-corrected chi connectivity index (χ4v) is 3.15. The van der Waals surface area contributed by atoms with E-state index in [2.05, 4.69) is 59.2 Å². The summed E-state index contributed by atoms with van der Waals surface area (Å²) in [6.45, 7) is 6.20. The third-order valence-electron chi connectivity index (χ3n) is 4.18. The Morgan fingerprint density at radius 2 is 1.63 bits per heavy atom. The zero-order chi connectivity index (χ0) is 19.6. The van der Waals surface area contributed by atoms with Crippen molar-refractivity contribution in [1.29, 1.82) is 5.26 Å². The van der Waals surface area contributed by atoms with E-state index in [1.54, 1.807) is 24.3 Å². The third kappa shape index (κ3) is 3.96. The van der Waals surface area contributed by atoms with E-state index in [1.165, 1.54) is 5.56 Å². The van der Waals surface area contributed by atoms with Gasteiger partial charge < -0.3 is 16.0 Å². The largest absolute Gasteiger partial charge is 0.368 e. The maximum atomic E-state index is 8.90. The highest BCUT2D eigenvalue weighted by atomic mass is 15.3. The second-order valence-corrected chi connectivity index (χ2v) is 6.44.